The Morgan fingerprint density at radius 2 is 1.90 bits per heavy atom. The van der Waals surface area contributed by atoms with E-state index in [2.05, 4.69) is 0 Å². The number of nitro groups is 1. The minimum atomic E-state index is -4.03. The number of hydrogen-bond donors (Lipinski definition) is 0. The van der Waals surface area contributed by atoms with E-state index in [9.17, 15) is 18.5 Å². The molecule has 0 heterocycles. The van der Waals surface area contributed by atoms with E-state index in [4.69, 9.17) is 15.4 Å². The molecule has 0 N–H and O–H groups in total. The highest BCUT2D eigenvalue weighted by Gasteiger charge is 2.26. The fourth-order valence-corrected chi connectivity index (χ4v) is 3.71. The first-order chi connectivity index (χ1) is 9.79. The van der Waals surface area contributed by atoms with Crippen LogP contribution in [-0.4, -0.2) is 19.4 Å². The molecule has 0 bridgehead atoms. The Bertz CT molecular complexity index is 653. The average molecular weight is 334 g/mol. The van der Waals surface area contributed by atoms with E-state index in [-0.39, 0.29) is 22.4 Å². The second-order valence-corrected chi connectivity index (χ2v) is 7.69. The second kappa shape index (κ2) is 6.19. The highest BCUT2D eigenvalue weighted by molar-refractivity contribution is 8.13. The van der Waals surface area contributed by atoms with Crippen molar-refractivity contribution in [1.82, 2.24) is 0 Å². The van der Waals surface area contributed by atoms with Gasteiger partial charge in [-0.15, -0.1) is 0 Å². The molecule has 0 amide bonds. The molecule has 116 valence electrons. The quantitative estimate of drug-likeness (QED) is 0.478. The van der Waals surface area contributed by atoms with Gasteiger partial charge in [0.25, 0.3) is 9.05 Å². The predicted octanol–water partition coefficient (Wildman–Crippen LogP) is 3.54. The summed E-state index contributed by atoms with van der Waals surface area (Å²) in [5.74, 6) is 0.105. The molecule has 0 saturated heterocycles. The van der Waals surface area contributed by atoms with Gasteiger partial charge in [0.15, 0.2) is 5.75 Å². The van der Waals surface area contributed by atoms with Crippen molar-refractivity contribution in [3.05, 3.63) is 27.8 Å². The third-order valence-corrected chi connectivity index (χ3v) is 5.03. The van der Waals surface area contributed by atoms with Gasteiger partial charge in [-0.1, -0.05) is 6.42 Å². The lowest BCUT2D eigenvalue weighted by Gasteiger charge is -2.23. The highest BCUT2D eigenvalue weighted by Crippen LogP contribution is 2.35. The van der Waals surface area contributed by atoms with Crippen molar-refractivity contribution in [3.8, 4) is 5.75 Å². The van der Waals surface area contributed by atoms with Gasteiger partial charge in [-0.2, -0.15) is 0 Å². The van der Waals surface area contributed by atoms with Gasteiger partial charge < -0.3 is 4.74 Å². The molecule has 0 atom stereocenters. The summed E-state index contributed by atoms with van der Waals surface area (Å²) in [6, 6.07) is 2.35. The van der Waals surface area contributed by atoms with Gasteiger partial charge >= 0.3 is 5.69 Å². The lowest BCUT2D eigenvalue weighted by atomic mass is 9.98. The number of aryl methyl sites for hydroxylation is 1. The predicted molar refractivity (Wildman–Crippen MR) is 78.4 cm³/mol. The molecule has 0 spiro atoms. The number of halogens is 1. The third kappa shape index (κ3) is 3.85. The van der Waals surface area contributed by atoms with Gasteiger partial charge in [-0.3, -0.25) is 10.1 Å². The fourth-order valence-electron chi connectivity index (χ4n) is 2.51. The van der Waals surface area contributed by atoms with Crippen molar-refractivity contribution in [3.63, 3.8) is 0 Å². The van der Waals surface area contributed by atoms with E-state index in [0.717, 1.165) is 38.2 Å². The van der Waals surface area contributed by atoms with Gasteiger partial charge in [-0.25, -0.2) is 8.42 Å². The van der Waals surface area contributed by atoms with Gasteiger partial charge in [0.2, 0.25) is 0 Å². The van der Waals surface area contributed by atoms with E-state index in [1.165, 1.54) is 13.0 Å². The maximum absolute atomic E-state index is 11.4. The minimum Gasteiger partial charge on any atom is -0.483 e. The van der Waals surface area contributed by atoms with E-state index in [0.29, 0.717) is 5.56 Å². The first kappa shape index (κ1) is 16.0. The molecule has 6 nitrogen and oxygen atoms in total. The van der Waals surface area contributed by atoms with E-state index in [1.54, 1.807) is 0 Å². The molecule has 21 heavy (non-hydrogen) atoms. The smallest absolute Gasteiger partial charge is 0.312 e. The van der Waals surface area contributed by atoms with Crippen LogP contribution >= 0.6 is 10.7 Å². The molecule has 0 unspecified atom stereocenters. The fraction of sp³-hybridized carbons (Fsp3) is 0.538. The molecule has 1 aliphatic carbocycles. The molecule has 2 rings (SSSR count). The molecule has 1 aliphatic rings. The zero-order chi connectivity index (χ0) is 15.6. The van der Waals surface area contributed by atoms with E-state index >= 15 is 0 Å². The first-order valence-electron chi connectivity index (χ1n) is 6.69. The number of ether oxygens (including phenoxy) is 1. The number of hydrogen-bond acceptors (Lipinski definition) is 5. The van der Waals surface area contributed by atoms with Crippen molar-refractivity contribution in [2.75, 3.05) is 0 Å². The molecule has 8 heteroatoms. The van der Waals surface area contributed by atoms with Gasteiger partial charge in [0.1, 0.15) is 0 Å². The van der Waals surface area contributed by atoms with E-state index in [1.807, 2.05) is 0 Å². The first-order valence-corrected chi connectivity index (χ1v) is 9.00. The van der Waals surface area contributed by atoms with Crippen LogP contribution in [0.2, 0.25) is 0 Å². The topological polar surface area (TPSA) is 86.5 Å². The SMILES string of the molecule is Cc1cc(OC2CCCCC2)c([N+](=O)[O-])cc1S(=O)(=O)Cl. The summed E-state index contributed by atoms with van der Waals surface area (Å²) >= 11 is 0. The van der Waals surface area contributed by atoms with Crippen LogP contribution in [0.25, 0.3) is 0 Å². The summed E-state index contributed by atoms with van der Waals surface area (Å²) in [5, 5.41) is 11.1. The zero-order valence-electron chi connectivity index (χ0n) is 11.5. The molecule has 1 fully saturated rings. The summed E-state index contributed by atoms with van der Waals surface area (Å²) in [4.78, 5) is 10.2. The summed E-state index contributed by atoms with van der Waals surface area (Å²) in [6.07, 6.45) is 4.86. The van der Waals surface area contributed by atoms with Crippen LogP contribution in [0.15, 0.2) is 17.0 Å². The lowest BCUT2D eigenvalue weighted by Crippen LogP contribution is -2.20. The standard InChI is InChI=1S/C13H16ClNO5S/c1-9-7-12(20-10-5-3-2-4-6-10)11(15(16)17)8-13(9)21(14,18)19/h7-8,10H,2-6H2,1H3. The monoisotopic (exact) mass is 333 g/mol. The van der Waals surface area contributed by atoms with Crippen molar-refractivity contribution >= 4 is 25.4 Å². The Hall–Kier alpha value is -1.34. The van der Waals surface area contributed by atoms with Crippen LogP contribution in [0, 0.1) is 17.0 Å². The van der Waals surface area contributed by atoms with Gasteiger partial charge in [-0.05, 0) is 44.2 Å². The average Bonchev–Trinajstić information content (AvgIpc) is 2.38. The highest BCUT2D eigenvalue weighted by atomic mass is 35.7. The Morgan fingerprint density at radius 1 is 1.29 bits per heavy atom. The number of rotatable bonds is 4. The third-order valence-electron chi connectivity index (χ3n) is 3.56. The molecule has 0 aliphatic heterocycles. The zero-order valence-corrected chi connectivity index (χ0v) is 13.1. The Balaban J connectivity index is 2.40. The Kier molecular flexibility index (Phi) is 4.73. The number of nitro benzene ring substituents is 1. The number of nitrogens with zero attached hydrogens (tertiary/aromatic N) is 1. The maximum atomic E-state index is 11.4. The molecule has 0 radical (unpaired) electrons. The van der Waals surface area contributed by atoms with Crippen LogP contribution < -0.4 is 4.74 Å². The van der Waals surface area contributed by atoms with Crippen molar-refractivity contribution < 1.29 is 18.1 Å². The summed E-state index contributed by atoms with van der Waals surface area (Å²) in [7, 11) is 1.27. The van der Waals surface area contributed by atoms with Crippen molar-refractivity contribution in [2.45, 2.75) is 50.0 Å². The van der Waals surface area contributed by atoms with Crippen LogP contribution in [-0.2, 0) is 9.05 Å². The molecule has 1 saturated carbocycles. The maximum Gasteiger partial charge on any atom is 0.312 e. The largest absolute Gasteiger partial charge is 0.483 e. The molecule has 0 aromatic heterocycles. The van der Waals surface area contributed by atoms with Crippen LogP contribution in [0.1, 0.15) is 37.7 Å². The number of benzene rings is 1. The van der Waals surface area contributed by atoms with Gasteiger partial charge in [0, 0.05) is 16.7 Å². The lowest BCUT2D eigenvalue weighted by molar-refractivity contribution is -0.386. The van der Waals surface area contributed by atoms with Crippen LogP contribution in [0.4, 0.5) is 5.69 Å². The molecule has 1 aromatic carbocycles. The van der Waals surface area contributed by atoms with E-state index < -0.39 is 14.0 Å². The summed E-state index contributed by atoms with van der Waals surface area (Å²) in [6.45, 7) is 1.53. The normalized spacial score (nSPS) is 16.7. The van der Waals surface area contributed by atoms with Crippen molar-refractivity contribution in [1.29, 1.82) is 0 Å². The Morgan fingerprint density at radius 3 is 2.43 bits per heavy atom. The minimum absolute atomic E-state index is 0.0599. The molecule has 1 aromatic rings. The van der Waals surface area contributed by atoms with Crippen LogP contribution in [0.5, 0.6) is 5.75 Å². The second-order valence-electron chi connectivity index (χ2n) is 5.16. The van der Waals surface area contributed by atoms with Crippen molar-refractivity contribution in [2.24, 2.45) is 0 Å². The summed E-state index contributed by atoms with van der Waals surface area (Å²) < 4.78 is 28.6. The van der Waals surface area contributed by atoms with Crippen LogP contribution in [0.3, 0.4) is 0 Å². The summed E-state index contributed by atoms with van der Waals surface area (Å²) in [5.41, 5.74) is -0.0354. The molecular formula is C13H16ClNO5S. The molecular weight excluding hydrogens is 318 g/mol. The Labute approximate surface area is 127 Å². The van der Waals surface area contributed by atoms with Gasteiger partial charge in [0.05, 0.1) is 15.9 Å².